The van der Waals surface area contributed by atoms with Gasteiger partial charge in [0.05, 0.1) is 5.60 Å². The van der Waals surface area contributed by atoms with E-state index < -0.39 is 5.60 Å². The molecule has 1 saturated heterocycles. The van der Waals surface area contributed by atoms with Crippen LogP contribution >= 0.6 is 11.6 Å². The molecule has 0 spiro atoms. The van der Waals surface area contributed by atoms with E-state index in [0.717, 1.165) is 0 Å². The summed E-state index contributed by atoms with van der Waals surface area (Å²) in [6, 6.07) is 4.67. The van der Waals surface area contributed by atoms with Gasteiger partial charge in [0.25, 0.3) is 0 Å². The molecule has 1 aliphatic heterocycles. The summed E-state index contributed by atoms with van der Waals surface area (Å²) >= 11 is 5.90. The molecule has 4 heteroatoms. The first-order valence-corrected chi connectivity index (χ1v) is 5.23. The second-order valence-electron chi connectivity index (χ2n) is 4.34. The number of hydrogen-bond donors (Lipinski definition) is 1. The molecule has 82 valence electrons. The van der Waals surface area contributed by atoms with Crippen molar-refractivity contribution in [2.75, 3.05) is 13.1 Å². The van der Waals surface area contributed by atoms with Crippen LogP contribution in [0.25, 0.3) is 0 Å². The third kappa shape index (κ3) is 2.30. The van der Waals surface area contributed by atoms with Crippen LogP contribution in [-0.4, -0.2) is 28.7 Å². The van der Waals surface area contributed by atoms with E-state index in [0.29, 0.717) is 30.2 Å². The van der Waals surface area contributed by atoms with Crippen molar-refractivity contribution in [3.05, 3.63) is 34.6 Å². The number of rotatable bonds is 2. The summed E-state index contributed by atoms with van der Waals surface area (Å²) in [5.74, 6) is -0.283. The maximum Gasteiger partial charge on any atom is 0.129 e. The number of β-amino-alcohol motifs (C(OH)–C–C–N with tert-alkyl or cyclic N) is 1. The Labute approximate surface area is 93.3 Å². The van der Waals surface area contributed by atoms with Crippen molar-refractivity contribution in [2.24, 2.45) is 0 Å². The Morgan fingerprint density at radius 2 is 2.20 bits per heavy atom. The Hall–Kier alpha value is -0.640. The van der Waals surface area contributed by atoms with Gasteiger partial charge >= 0.3 is 0 Å². The highest BCUT2D eigenvalue weighted by atomic mass is 35.5. The van der Waals surface area contributed by atoms with Crippen molar-refractivity contribution in [1.82, 2.24) is 4.90 Å². The zero-order valence-electron chi connectivity index (χ0n) is 8.50. The lowest BCUT2D eigenvalue weighted by molar-refractivity contribution is -0.0874. The van der Waals surface area contributed by atoms with Crippen LogP contribution in [0.4, 0.5) is 4.39 Å². The molecule has 0 bridgehead atoms. The quantitative estimate of drug-likeness (QED) is 0.839. The van der Waals surface area contributed by atoms with E-state index in [1.54, 1.807) is 19.1 Å². The van der Waals surface area contributed by atoms with E-state index in [1.165, 1.54) is 6.07 Å². The molecule has 2 nitrogen and oxygen atoms in total. The Kier molecular flexibility index (Phi) is 2.71. The third-order valence-electron chi connectivity index (χ3n) is 2.57. The van der Waals surface area contributed by atoms with Crippen LogP contribution in [-0.2, 0) is 6.54 Å². The number of aliphatic hydroxyl groups is 1. The highest BCUT2D eigenvalue weighted by Gasteiger charge is 2.36. The van der Waals surface area contributed by atoms with Gasteiger partial charge in [-0.1, -0.05) is 17.7 Å². The van der Waals surface area contributed by atoms with E-state index >= 15 is 0 Å². The summed E-state index contributed by atoms with van der Waals surface area (Å²) in [7, 11) is 0. The highest BCUT2D eigenvalue weighted by Crippen LogP contribution is 2.26. The van der Waals surface area contributed by atoms with Crippen molar-refractivity contribution in [1.29, 1.82) is 0 Å². The molecular weight excluding hydrogens is 217 g/mol. The van der Waals surface area contributed by atoms with Gasteiger partial charge in [-0.3, -0.25) is 4.90 Å². The number of benzene rings is 1. The number of halogens is 2. The minimum atomic E-state index is -0.627. The number of nitrogens with zero attached hydrogens (tertiary/aromatic N) is 1. The average Bonchev–Trinajstić information content (AvgIpc) is 2.08. The predicted octanol–water partition coefficient (Wildman–Crippen LogP) is 2.05. The first-order valence-electron chi connectivity index (χ1n) is 4.85. The molecule has 0 atom stereocenters. The van der Waals surface area contributed by atoms with E-state index in [-0.39, 0.29) is 5.82 Å². The molecule has 1 aliphatic rings. The monoisotopic (exact) mass is 229 g/mol. The Morgan fingerprint density at radius 1 is 1.53 bits per heavy atom. The summed E-state index contributed by atoms with van der Waals surface area (Å²) in [6.45, 7) is 3.36. The zero-order chi connectivity index (χ0) is 11.1. The van der Waals surface area contributed by atoms with Gasteiger partial charge in [0.1, 0.15) is 5.82 Å². The highest BCUT2D eigenvalue weighted by molar-refractivity contribution is 6.31. The smallest absolute Gasteiger partial charge is 0.129 e. The van der Waals surface area contributed by atoms with E-state index in [2.05, 4.69) is 0 Å². The lowest BCUT2D eigenvalue weighted by atomic mass is 9.96. The largest absolute Gasteiger partial charge is 0.388 e. The van der Waals surface area contributed by atoms with Crippen molar-refractivity contribution in [3.63, 3.8) is 0 Å². The lowest BCUT2D eigenvalue weighted by Crippen LogP contribution is -2.59. The minimum absolute atomic E-state index is 0.283. The van der Waals surface area contributed by atoms with Gasteiger partial charge in [-0.15, -0.1) is 0 Å². The molecule has 1 aromatic rings. The SMILES string of the molecule is CC1(O)CN(Cc2c(F)cccc2Cl)C1. The van der Waals surface area contributed by atoms with Gasteiger partial charge in [0.2, 0.25) is 0 Å². The molecule has 2 rings (SSSR count). The minimum Gasteiger partial charge on any atom is -0.388 e. The first-order chi connectivity index (χ1) is 6.98. The van der Waals surface area contributed by atoms with Gasteiger partial charge in [-0.25, -0.2) is 4.39 Å². The fourth-order valence-electron chi connectivity index (χ4n) is 1.94. The van der Waals surface area contributed by atoms with Gasteiger partial charge in [0.15, 0.2) is 0 Å². The molecule has 1 heterocycles. The van der Waals surface area contributed by atoms with Crippen LogP contribution in [0.2, 0.25) is 5.02 Å². The maximum absolute atomic E-state index is 13.4. The van der Waals surface area contributed by atoms with Gasteiger partial charge in [-0.2, -0.15) is 0 Å². The summed E-state index contributed by atoms with van der Waals surface area (Å²) in [6.07, 6.45) is 0. The van der Waals surface area contributed by atoms with Crippen molar-refractivity contribution >= 4 is 11.6 Å². The third-order valence-corrected chi connectivity index (χ3v) is 2.93. The fraction of sp³-hybridized carbons (Fsp3) is 0.455. The molecular formula is C11H13ClFNO. The van der Waals surface area contributed by atoms with Crippen molar-refractivity contribution < 1.29 is 9.50 Å². The molecule has 1 fully saturated rings. The average molecular weight is 230 g/mol. The molecule has 15 heavy (non-hydrogen) atoms. The molecule has 0 radical (unpaired) electrons. The lowest BCUT2D eigenvalue weighted by Gasteiger charge is -2.44. The second kappa shape index (κ2) is 3.74. The normalized spacial score (nSPS) is 20.0. The van der Waals surface area contributed by atoms with Crippen LogP contribution in [0.1, 0.15) is 12.5 Å². The molecule has 0 saturated carbocycles. The maximum atomic E-state index is 13.4. The van der Waals surface area contributed by atoms with Crippen LogP contribution in [0, 0.1) is 5.82 Å². The Bertz CT molecular complexity index is 353. The van der Waals surface area contributed by atoms with Crippen LogP contribution in [0.3, 0.4) is 0 Å². The molecule has 0 aromatic heterocycles. The number of likely N-dealkylation sites (tertiary alicyclic amines) is 1. The summed E-state index contributed by atoms with van der Waals surface area (Å²) < 4.78 is 13.4. The van der Waals surface area contributed by atoms with Crippen LogP contribution in [0.15, 0.2) is 18.2 Å². The molecule has 0 amide bonds. The molecule has 0 aliphatic carbocycles. The molecule has 1 aromatic carbocycles. The number of hydrogen-bond acceptors (Lipinski definition) is 2. The molecule has 0 unspecified atom stereocenters. The van der Waals surface area contributed by atoms with Gasteiger partial charge < -0.3 is 5.11 Å². The van der Waals surface area contributed by atoms with E-state index in [4.69, 9.17) is 11.6 Å². The van der Waals surface area contributed by atoms with Gasteiger partial charge in [0, 0.05) is 30.2 Å². The summed E-state index contributed by atoms with van der Waals surface area (Å²) in [5, 5.41) is 9.98. The van der Waals surface area contributed by atoms with Gasteiger partial charge in [-0.05, 0) is 19.1 Å². The Morgan fingerprint density at radius 3 is 2.73 bits per heavy atom. The standard InChI is InChI=1S/C11H13ClFNO/c1-11(15)6-14(7-11)5-8-9(12)3-2-4-10(8)13/h2-4,15H,5-7H2,1H3. The van der Waals surface area contributed by atoms with Crippen molar-refractivity contribution in [3.8, 4) is 0 Å². The van der Waals surface area contributed by atoms with Crippen molar-refractivity contribution in [2.45, 2.75) is 19.1 Å². The van der Waals surface area contributed by atoms with Crippen LogP contribution in [0.5, 0.6) is 0 Å². The predicted molar refractivity (Wildman–Crippen MR) is 57.3 cm³/mol. The molecule has 1 N–H and O–H groups in total. The topological polar surface area (TPSA) is 23.5 Å². The van der Waals surface area contributed by atoms with E-state index in [9.17, 15) is 9.50 Å². The summed E-state index contributed by atoms with van der Waals surface area (Å²) in [5.41, 5.74) is -0.118. The van der Waals surface area contributed by atoms with Crippen LogP contribution < -0.4 is 0 Å². The fourth-order valence-corrected chi connectivity index (χ4v) is 2.16. The first kappa shape index (κ1) is 10.9. The zero-order valence-corrected chi connectivity index (χ0v) is 9.26. The Balaban J connectivity index is 2.06. The van der Waals surface area contributed by atoms with E-state index in [1.807, 2.05) is 4.90 Å². The summed E-state index contributed by atoms with van der Waals surface area (Å²) in [4.78, 5) is 1.96. The second-order valence-corrected chi connectivity index (χ2v) is 4.75.